The Labute approximate surface area is 108 Å². The third-order valence-electron chi connectivity index (χ3n) is 2.24. The standard InChI is InChI=1S/C12H10INO3/c1-3-4-5-9-8(2)17-11-6-12(14(15)16)13-7-10(9)11/h3-7H,2H2,1H3/b4-3-,9-5+. The Morgan fingerprint density at radius 2 is 2.35 bits per heavy atom. The van der Waals surface area contributed by atoms with Crippen LogP contribution in [0.25, 0.3) is 18.7 Å². The summed E-state index contributed by atoms with van der Waals surface area (Å²) < 4.78 is 7.61. The fourth-order valence-electron chi connectivity index (χ4n) is 1.46. The third kappa shape index (κ3) is 2.28. The van der Waals surface area contributed by atoms with E-state index in [1.54, 1.807) is 0 Å². The van der Waals surface area contributed by atoms with Crippen LogP contribution in [0.2, 0.25) is 0 Å². The molecule has 0 bridgehead atoms. The predicted molar refractivity (Wildman–Crippen MR) is 76.9 cm³/mol. The first kappa shape index (κ1) is 12.0. The molecule has 0 aliphatic carbocycles. The summed E-state index contributed by atoms with van der Waals surface area (Å²) in [5.41, 5.74) is 1.49. The lowest BCUT2D eigenvalue weighted by atomic mass is 10.2. The summed E-state index contributed by atoms with van der Waals surface area (Å²) in [6.45, 7) is 5.73. The van der Waals surface area contributed by atoms with E-state index in [-0.39, 0.29) is 8.63 Å². The van der Waals surface area contributed by atoms with Gasteiger partial charge in [0.15, 0.2) is 0 Å². The Bertz CT molecular complexity index is 665. The van der Waals surface area contributed by atoms with Gasteiger partial charge in [-0.25, -0.2) is 0 Å². The molecule has 0 saturated carbocycles. The molecule has 1 aliphatic heterocycles. The number of allylic oxidation sites excluding steroid dienone is 2. The highest BCUT2D eigenvalue weighted by atomic mass is 127. The van der Waals surface area contributed by atoms with Crippen LogP contribution in [-0.2, 0) is 0 Å². The number of hydrogen-bond donors (Lipinski definition) is 0. The lowest BCUT2D eigenvalue weighted by Crippen LogP contribution is -2.20. The Morgan fingerprint density at radius 1 is 1.59 bits per heavy atom. The molecule has 0 fully saturated rings. The van der Waals surface area contributed by atoms with E-state index in [4.69, 9.17) is 4.42 Å². The number of furan rings is 1. The molecule has 2 heterocycles. The van der Waals surface area contributed by atoms with Gasteiger partial charge in [0.1, 0.15) is 11.2 Å². The Balaban J connectivity index is 2.64. The molecule has 0 spiro atoms. The van der Waals surface area contributed by atoms with Gasteiger partial charge in [0.25, 0.3) is 0 Å². The molecule has 5 heteroatoms. The second kappa shape index (κ2) is 4.79. The molecular weight excluding hydrogens is 333 g/mol. The Kier molecular flexibility index (Phi) is 3.37. The van der Waals surface area contributed by atoms with Crippen molar-refractivity contribution >= 4 is 43.5 Å². The van der Waals surface area contributed by atoms with Crippen LogP contribution >= 0.6 is 20.7 Å². The van der Waals surface area contributed by atoms with Crippen molar-refractivity contribution in [2.24, 2.45) is 0 Å². The van der Waals surface area contributed by atoms with Crippen molar-refractivity contribution in [1.82, 2.24) is 0 Å². The third-order valence-corrected chi connectivity index (χ3v) is 4.52. The van der Waals surface area contributed by atoms with Gasteiger partial charge < -0.3 is 4.42 Å². The zero-order valence-electron chi connectivity index (χ0n) is 9.14. The number of hydrogen-bond acceptors (Lipinski definition) is 3. The van der Waals surface area contributed by atoms with Crippen molar-refractivity contribution in [3.05, 3.63) is 47.9 Å². The summed E-state index contributed by atoms with van der Waals surface area (Å²) >= 11 is -0.695. The molecule has 1 aromatic heterocycles. The van der Waals surface area contributed by atoms with Crippen LogP contribution < -0.4 is 10.6 Å². The fraction of sp³-hybridized carbons (Fsp3) is 0.0833. The van der Waals surface area contributed by atoms with E-state index in [1.807, 2.05) is 29.2 Å². The fourth-order valence-corrected chi connectivity index (χ4v) is 3.43. The van der Waals surface area contributed by atoms with E-state index < -0.39 is 20.7 Å². The van der Waals surface area contributed by atoms with Crippen LogP contribution in [0.15, 0.2) is 20.3 Å². The molecule has 0 radical (unpaired) electrons. The molecule has 0 unspecified atom stereocenters. The molecule has 4 nitrogen and oxygen atoms in total. The van der Waals surface area contributed by atoms with Gasteiger partial charge in [-0.15, -0.1) is 0 Å². The smallest absolute Gasteiger partial charge is 0.302 e. The van der Waals surface area contributed by atoms with E-state index in [9.17, 15) is 10.1 Å². The van der Waals surface area contributed by atoms with Crippen molar-refractivity contribution in [3.63, 3.8) is 0 Å². The number of fused-ring (bicyclic) bond motifs is 1. The van der Waals surface area contributed by atoms with Gasteiger partial charge in [0.05, 0.1) is 11.0 Å². The molecule has 0 aromatic carbocycles. The van der Waals surface area contributed by atoms with Gasteiger partial charge >= 0.3 is 3.70 Å². The lowest BCUT2D eigenvalue weighted by molar-refractivity contribution is -0.405. The van der Waals surface area contributed by atoms with Crippen molar-refractivity contribution in [2.45, 2.75) is 6.92 Å². The van der Waals surface area contributed by atoms with Crippen LogP contribution in [0.3, 0.4) is 0 Å². The molecule has 17 heavy (non-hydrogen) atoms. The number of halogens is 1. The SMILES string of the molecule is C=c1oc2c(/c1=C/C=C\C)C=IC([N+](=O)[O-])=C2. The van der Waals surface area contributed by atoms with Gasteiger partial charge in [-0.1, -0.05) is 24.8 Å². The molecular formula is C12H10INO3. The molecule has 1 aliphatic rings. The lowest BCUT2D eigenvalue weighted by Gasteiger charge is -1.97. The van der Waals surface area contributed by atoms with E-state index in [0.29, 0.717) is 11.2 Å². The first-order valence-corrected chi connectivity index (χ1v) is 7.23. The summed E-state index contributed by atoms with van der Waals surface area (Å²) in [6, 6.07) is 0. The molecule has 0 atom stereocenters. The summed E-state index contributed by atoms with van der Waals surface area (Å²) in [5, 5.41) is 11.6. The van der Waals surface area contributed by atoms with E-state index in [0.717, 1.165) is 10.8 Å². The highest BCUT2D eigenvalue weighted by molar-refractivity contribution is 14.2. The minimum atomic E-state index is -0.695. The van der Waals surface area contributed by atoms with Gasteiger partial charge in [-0.3, -0.25) is 10.1 Å². The largest absolute Gasteiger partial charge is 0.456 e. The Morgan fingerprint density at radius 3 is 3.00 bits per heavy atom. The Hall–Kier alpha value is -1.50. The quantitative estimate of drug-likeness (QED) is 0.356. The number of rotatable bonds is 2. The van der Waals surface area contributed by atoms with Gasteiger partial charge in [-0.05, 0) is 31.7 Å². The highest BCUT2D eigenvalue weighted by Gasteiger charge is 2.17. The molecule has 88 valence electrons. The number of nitro groups is 1. The monoisotopic (exact) mass is 343 g/mol. The minimum absolute atomic E-state index is 0.252. The van der Waals surface area contributed by atoms with Crippen LogP contribution in [0.5, 0.6) is 0 Å². The summed E-state index contributed by atoms with van der Waals surface area (Å²) in [5.74, 6) is 0.545. The molecule has 0 saturated heterocycles. The zero-order chi connectivity index (χ0) is 12.4. The van der Waals surface area contributed by atoms with Crippen LogP contribution in [-0.4, -0.2) is 8.94 Å². The average molecular weight is 343 g/mol. The number of nitrogens with zero attached hydrogens (tertiary/aromatic N) is 1. The minimum Gasteiger partial charge on any atom is -0.456 e. The van der Waals surface area contributed by atoms with Crippen molar-refractivity contribution in [1.29, 1.82) is 0 Å². The second-order valence-corrected chi connectivity index (χ2v) is 5.70. The van der Waals surface area contributed by atoms with Gasteiger partial charge in [-0.2, -0.15) is 0 Å². The van der Waals surface area contributed by atoms with Gasteiger partial charge in [0, 0.05) is 10.8 Å². The van der Waals surface area contributed by atoms with Crippen LogP contribution in [0.4, 0.5) is 0 Å². The maximum atomic E-state index is 10.7. The van der Waals surface area contributed by atoms with E-state index in [1.165, 1.54) is 6.08 Å². The maximum Gasteiger partial charge on any atom is 0.302 e. The first-order chi connectivity index (χ1) is 8.13. The first-order valence-electron chi connectivity index (χ1n) is 4.91. The topological polar surface area (TPSA) is 56.3 Å². The normalized spacial score (nSPS) is 15.6. The summed E-state index contributed by atoms with van der Waals surface area (Å²) in [6.07, 6.45) is 7.24. The zero-order valence-corrected chi connectivity index (χ0v) is 11.3. The van der Waals surface area contributed by atoms with E-state index >= 15 is 0 Å². The van der Waals surface area contributed by atoms with Crippen LogP contribution in [0.1, 0.15) is 18.2 Å². The summed E-state index contributed by atoms with van der Waals surface area (Å²) in [7, 11) is 0. The highest BCUT2D eigenvalue weighted by Crippen LogP contribution is 2.24. The van der Waals surface area contributed by atoms with E-state index in [2.05, 4.69) is 6.58 Å². The predicted octanol–water partition coefficient (Wildman–Crippen LogP) is 1.76. The van der Waals surface area contributed by atoms with Gasteiger partial charge in [0.2, 0.25) is 0 Å². The van der Waals surface area contributed by atoms with Crippen molar-refractivity contribution in [3.8, 4) is 0 Å². The molecule has 2 rings (SSSR count). The molecule has 1 aromatic rings. The van der Waals surface area contributed by atoms with Crippen molar-refractivity contribution < 1.29 is 9.34 Å². The van der Waals surface area contributed by atoms with Crippen molar-refractivity contribution in [2.75, 3.05) is 0 Å². The second-order valence-electron chi connectivity index (χ2n) is 3.35. The molecule has 0 amide bonds. The maximum absolute atomic E-state index is 10.7. The molecule has 0 N–H and O–H groups in total. The average Bonchev–Trinajstić information content (AvgIpc) is 2.61. The van der Waals surface area contributed by atoms with Crippen LogP contribution in [0, 0.1) is 10.1 Å². The summed E-state index contributed by atoms with van der Waals surface area (Å²) in [4.78, 5) is 10.4.